The zero-order chi connectivity index (χ0) is 14.8. The molecule has 108 valence electrons. The lowest BCUT2D eigenvalue weighted by molar-refractivity contribution is 0.0990. The van der Waals surface area contributed by atoms with Crippen LogP contribution >= 0.6 is 11.6 Å². The van der Waals surface area contributed by atoms with Crippen LogP contribution in [-0.4, -0.2) is 19.0 Å². The summed E-state index contributed by atoms with van der Waals surface area (Å²) in [4.78, 5) is 12.3. The van der Waals surface area contributed by atoms with E-state index < -0.39 is 5.82 Å². The summed E-state index contributed by atoms with van der Waals surface area (Å²) < 4.78 is 24.6. The fourth-order valence-corrected chi connectivity index (χ4v) is 2.41. The summed E-state index contributed by atoms with van der Waals surface area (Å²) >= 11 is 5.94. The van der Waals surface area contributed by atoms with E-state index in [0.29, 0.717) is 30.3 Å². The van der Waals surface area contributed by atoms with E-state index in [1.54, 1.807) is 24.3 Å². The first-order valence-electron chi connectivity index (χ1n) is 6.51. The topological polar surface area (TPSA) is 35.5 Å². The van der Waals surface area contributed by atoms with Crippen LogP contribution in [0.15, 0.2) is 36.4 Å². The molecule has 0 aromatic heterocycles. The number of Topliss-reactive ketones (excluding diaryl/α,β-unsaturated/α-hetero) is 1. The Bertz CT molecular complexity index is 680. The van der Waals surface area contributed by atoms with Crippen molar-refractivity contribution < 1.29 is 18.7 Å². The van der Waals surface area contributed by atoms with E-state index in [1.165, 1.54) is 12.1 Å². The Hall–Kier alpha value is -2.07. The number of ether oxygens (including phenoxy) is 2. The van der Waals surface area contributed by atoms with Crippen molar-refractivity contribution in [3.8, 4) is 11.5 Å². The molecule has 0 saturated carbocycles. The van der Waals surface area contributed by atoms with E-state index in [9.17, 15) is 9.18 Å². The number of ketones is 1. The minimum atomic E-state index is -0.478. The Labute approximate surface area is 126 Å². The Kier molecular flexibility index (Phi) is 3.80. The molecule has 5 heteroatoms. The molecule has 3 rings (SSSR count). The van der Waals surface area contributed by atoms with Crippen LogP contribution < -0.4 is 9.47 Å². The van der Waals surface area contributed by atoms with Crippen molar-refractivity contribution >= 4 is 17.4 Å². The highest BCUT2D eigenvalue weighted by Crippen LogP contribution is 2.31. The Balaban J connectivity index is 1.86. The summed E-state index contributed by atoms with van der Waals surface area (Å²) in [5.74, 6) is 0.445. The molecule has 0 atom stereocenters. The summed E-state index contributed by atoms with van der Waals surface area (Å²) in [6.07, 6.45) is -0.0921. The van der Waals surface area contributed by atoms with Crippen molar-refractivity contribution in [2.75, 3.05) is 13.2 Å². The number of rotatable bonds is 3. The maximum Gasteiger partial charge on any atom is 0.167 e. The van der Waals surface area contributed by atoms with Crippen molar-refractivity contribution in [2.24, 2.45) is 0 Å². The van der Waals surface area contributed by atoms with E-state index in [-0.39, 0.29) is 22.8 Å². The highest BCUT2D eigenvalue weighted by molar-refractivity contribution is 6.31. The molecular formula is C16H12ClFO3. The fraction of sp³-hybridized carbons (Fsp3) is 0.188. The molecule has 0 spiro atoms. The molecule has 21 heavy (non-hydrogen) atoms. The van der Waals surface area contributed by atoms with Gasteiger partial charge in [0.2, 0.25) is 0 Å². The summed E-state index contributed by atoms with van der Waals surface area (Å²) in [6.45, 7) is 0.939. The normalized spacial score (nSPS) is 13.0. The van der Waals surface area contributed by atoms with Crippen LogP contribution in [0.5, 0.6) is 11.5 Å². The van der Waals surface area contributed by atoms with Gasteiger partial charge in [0.15, 0.2) is 17.3 Å². The average Bonchev–Trinajstić information content (AvgIpc) is 2.50. The maximum atomic E-state index is 13.7. The Morgan fingerprint density at radius 1 is 1.14 bits per heavy atom. The molecule has 0 N–H and O–H groups in total. The minimum Gasteiger partial charge on any atom is -0.486 e. The largest absolute Gasteiger partial charge is 0.486 e. The molecule has 3 nitrogen and oxygen atoms in total. The van der Waals surface area contributed by atoms with Crippen molar-refractivity contribution in [3.05, 3.63) is 58.4 Å². The molecule has 1 heterocycles. The lowest BCUT2D eigenvalue weighted by Gasteiger charge is -2.18. The summed E-state index contributed by atoms with van der Waals surface area (Å²) in [7, 11) is 0. The van der Waals surface area contributed by atoms with Gasteiger partial charge in [-0.3, -0.25) is 4.79 Å². The van der Waals surface area contributed by atoms with Gasteiger partial charge in [0.05, 0.1) is 0 Å². The van der Waals surface area contributed by atoms with Crippen molar-refractivity contribution in [1.29, 1.82) is 0 Å². The maximum absolute atomic E-state index is 13.7. The van der Waals surface area contributed by atoms with Gasteiger partial charge in [-0.1, -0.05) is 17.7 Å². The first-order chi connectivity index (χ1) is 10.1. The van der Waals surface area contributed by atoms with Gasteiger partial charge in [-0.25, -0.2) is 4.39 Å². The quantitative estimate of drug-likeness (QED) is 0.812. The van der Waals surface area contributed by atoms with Gasteiger partial charge < -0.3 is 9.47 Å². The summed E-state index contributed by atoms with van der Waals surface area (Å²) in [5.41, 5.74) is 0.651. The third kappa shape index (κ3) is 2.85. The smallest absolute Gasteiger partial charge is 0.167 e. The van der Waals surface area contributed by atoms with Gasteiger partial charge in [0.25, 0.3) is 0 Å². The van der Waals surface area contributed by atoms with E-state index in [1.807, 2.05) is 0 Å². The van der Waals surface area contributed by atoms with Gasteiger partial charge >= 0.3 is 0 Å². The number of fused-ring (bicyclic) bond motifs is 1. The van der Waals surface area contributed by atoms with Crippen molar-refractivity contribution in [3.63, 3.8) is 0 Å². The fourth-order valence-electron chi connectivity index (χ4n) is 2.18. The zero-order valence-electron chi connectivity index (χ0n) is 11.1. The zero-order valence-corrected chi connectivity index (χ0v) is 11.8. The minimum absolute atomic E-state index is 0.0921. The summed E-state index contributed by atoms with van der Waals surface area (Å²) in [6, 6.07) is 9.31. The van der Waals surface area contributed by atoms with E-state index in [0.717, 1.165) is 0 Å². The number of carbonyl (C=O) groups is 1. The lowest BCUT2D eigenvalue weighted by Crippen LogP contribution is -2.16. The number of hydrogen-bond acceptors (Lipinski definition) is 3. The number of benzene rings is 2. The second-order valence-corrected chi connectivity index (χ2v) is 5.07. The number of carbonyl (C=O) groups excluding carboxylic acids is 1. The third-order valence-corrected chi connectivity index (χ3v) is 3.62. The van der Waals surface area contributed by atoms with E-state index >= 15 is 0 Å². The highest BCUT2D eigenvalue weighted by Gasteiger charge is 2.17. The molecule has 1 aliphatic rings. The molecule has 0 radical (unpaired) electrons. The van der Waals surface area contributed by atoms with Crippen molar-refractivity contribution in [2.45, 2.75) is 6.42 Å². The molecule has 1 aliphatic heterocycles. The average molecular weight is 307 g/mol. The number of halogens is 2. The lowest BCUT2D eigenvalue weighted by atomic mass is 10.0. The van der Waals surface area contributed by atoms with Gasteiger partial charge in [-0.2, -0.15) is 0 Å². The third-order valence-electron chi connectivity index (χ3n) is 3.26. The molecule has 0 saturated heterocycles. The van der Waals surface area contributed by atoms with Gasteiger partial charge in [-0.15, -0.1) is 0 Å². The second-order valence-electron chi connectivity index (χ2n) is 4.66. The van der Waals surface area contributed by atoms with Crippen LogP contribution in [0.4, 0.5) is 4.39 Å². The van der Waals surface area contributed by atoms with Crippen LogP contribution in [0.3, 0.4) is 0 Å². The first kappa shape index (κ1) is 13.9. The molecule has 0 fully saturated rings. The van der Waals surface area contributed by atoms with Gasteiger partial charge in [-0.05, 0) is 30.3 Å². The predicted molar refractivity (Wildman–Crippen MR) is 76.9 cm³/mol. The highest BCUT2D eigenvalue weighted by atomic mass is 35.5. The monoisotopic (exact) mass is 306 g/mol. The molecule has 0 unspecified atom stereocenters. The van der Waals surface area contributed by atoms with Gasteiger partial charge in [0, 0.05) is 22.6 Å². The van der Waals surface area contributed by atoms with Crippen LogP contribution in [0.2, 0.25) is 5.02 Å². The Morgan fingerprint density at radius 3 is 2.67 bits per heavy atom. The van der Waals surface area contributed by atoms with Crippen LogP contribution in [0.25, 0.3) is 0 Å². The first-order valence-corrected chi connectivity index (χ1v) is 6.88. The SMILES string of the molecule is O=C(Cc1c(F)cccc1Cl)c1ccc2c(c1)OCCO2. The van der Waals surface area contributed by atoms with Crippen LogP contribution in [0, 0.1) is 5.82 Å². The second kappa shape index (κ2) is 5.74. The van der Waals surface area contributed by atoms with E-state index in [2.05, 4.69) is 0 Å². The van der Waals surface area contributed by atoms with Crippen LogP contribution in [-0.2, 0) is 6.42 Å². The predicted octanol–water partition coefficient (Wildman–Crippen LogP) is 3.68. The standard InChI is InChI=1S/C16H12ClFO3/c17-12-2-1-3-13(18)11(12)9-14(19)10-4-5-15-16(8-10)21-7-6-20-15/h1-5,8H,6-7,9H2. The molecule has 0 aliphatic carbocycles. The Morgan fingerprint density at radius 2 is 1.90 bits per heavy atom. The molecule has 2 aromatic carbocycles. The molecule has 0 bridgehead atoms. The van der Waals surface area contributed by atoms with E-state index in [4.69, 9.17) is 21.1 Å². The molecular weight excluding hydrogens is 295 g/mol. The van der Waals surface area contributed by atoms with Crippen LogP contribution in [0.1, 0.15) is 15.9 Å². The number of hydrogen-bond donors (Lipinski definition) is 0. The summed E-state index contributed by atoms with van der Waals surface area (Å²) in [5, 5.41) is 0.251. The molecule has 0 amide bonds. The molecule has 2 aromatic rings. The van der Waals surface area contributed by atoms with Gasteiger partial charge in [0.1, 0.15) is 19.0 Å². The van der Waals surface area contributed by atoms with Crippen molar-refractivity contribution in [1.82, 2.24) is 0 Å².